The molecule has 0 radical (unpaired) electrons. The number of carboxylic acids is 1. The summed E-state index contributed by atoms with van der Waals surface area (Å²) in [6.45, 7) is 2.46. The summed E-state index contributed by atoms with van der Waals surface area (Å²) < 4.78 is 17.9. The Morgan fingerprint density at radius 3 is 2.53 bits per heavy atom. The lowest BCUT2D eigenvalue weighted by atomic mass is 10.2. The fourth-order valence-corrected chi connectivity index (χ4v) is 2.92. The van der Waals surface area contributed by atoms with E-state index in [0.29, 0.717) is 28.7 Å². The van der Waals surface area contributed by atoms with Crippen molar-refractivity contribution in [1.82, 2.24) is 19.5 Å². The highest BCUT2D eigenvalue weighted by Crippen LogP contribution is 2.29. The van der Waals surface area contributed by atoms with Crippen LogP contribution in [0.5, 0.6) is 0 Å². The molecule has 2 rings (SSSR count). The van der Waals surface area contributed by atoms with Crippen LogP contribution in [0.3, 0.4) is 0 Å². The number of hydrogen-bond donors (Lipinski definition) is 4. The molecule has 30 heavy (non-hydrogen) atoms. The van der Waals surface area contributed by atoms with E-state index < -0.39 is 32.1 Å². The van der Waals surface area contributed by atoms with E-state index >= 15 is 0 Å². The summed E-state index contributed by atoms with van der Waals surface area (Å²) in [6, 6.07) is 0. The van der Waals surface area contributed by atoms with Crippen molar-refractivity contribution >= 4 is 30.5 Å². The number of hydrogen-bond acceptors (Lipinski definition) is 9. The number of nitrogens with two attached hydrogens (primary N) is 1. The molecule has 2 heterocycles. The minimum absolute atomic E-state index is 0.171. The highest BCUT2D eigenvalue weighted by molar-refractivity contribution is 7.50. The van der Waals surface area contributed by atoms with Crippen LogP contribution in [0.25, 0.3) is 11.2 Å². The molecular weight excluding hydrogens is 419 g/mol. The number of ether oxygens (including phenoxy) is 1. The smallest absolute Gasteiger partial charge is 0.306 e. The number of nitrogen functional groups attached to an aromatic ring is 1. The Labute approximate surface area is 173 Å². The molecule has 13 nitrogen and oxygen atoms in total. The van der Waals surface area contributed by atoms with Crippen LogP contribution in [0, 0.1) is 0 Å². The van der Waals surface area contributed by atoms with Gasteiger partial charge in [-0.25, -0.2) is 15.0 Å². The molecular formula is C16H29N6O7P. The summed E-state index contributed by atoms with van der Waals surface area (Å²) in [4.78, 5) is 41.3. The van der Waals surface area contributed by atoms with Gasteiger partial charge in [0.1, 0.15) is 30.8 Å². The molecule has 170 valence electrons. The second-order valence-electron chi connectivity index (χ2n) is 7.80. The van der Waals surface area contributed by atoms with Crippen molar-refractivity contribution in [3.05, 3.63) is 12.7 Å². The third-order valence-electron chi connectivity index (χ3n) is 3.57. The number of aliphatic hydroxyl groups is 1. The van der Waals surface area contributed by atoms with Gasteiger partial charge >= 0.3 is 5.97 Å². The number of aromatic nitrogens is 4. The standard InChI is InChI=1S/C9H14N5O4P.C7H15NO3/c1-6(18-5-19(15,16)17)2-14-4-13-7-8(10)11-3-12-9(7)14;1-8(2,3)5-6(9)4-7(10)11/h3-4,6H,2,5H2,1H3,(H2,10,11,12)(H2,15,16,17);6,9H,4-5H2,1-3H3/t6-;/m1./s1. The summed E-state index contributed by atoms with van der Waals surface area (Å²) in [5, 5.41) is 17.5. The molecule has 0 spiro atoms. The second-order valence-corrected chi connectivity index (χ2v) is 9.33. The second kappa shape index (κ2) is 10.8. The minimum atomic E-state index is -4.41. The van der Waals surface area contributed by atoms with Crippen molar-refractivity contribution in [2.24, 2.45) is 0 Å². The number of nitrogens with zero attached hydrogens (tertiary/aromatic N) is 5. The maximum absolute atomic E-state index is 10.6. The van der Waals surface area contributed by atoms with Gasteiger partial charge in [-0.3, -0.25) is 4.79 Å². The van der Waals surface area contributed by atoms with Crippen LogP contribution in [0.15, 0.2) is 12.7 Å². The third-order valence-corrected chi connectivity index (χ3v) is 4.05. The molecule has 0 saturated carbocycles. The predicted octanol–water partition coefficient (Wildman–Crippen LogP) is -1.15. The van der Waals surface area contributed by atoms with Crippen LogP contribution in [0.1, 0.15) is 13.3 Å². The Morgan fingerprint density at radius 1 is 1.37 bits per heavy atom. The zero-order chi connectivity index (χ0) is 23.1. The SMILES string of the molecule is C[C@H](Cn1cnc2c(N)ncnc21)OCP(=O)([O-])O.C[N+](C)(C)CC(O)CC(=O)O. The topological polar surface area (TPSA) is 197 Å². The van der Waals surface area contributed by atoms with E-state index in [0.717, 1.165) is 0 Å². The molecule has 0 aliphatic carbocycles. The lowest BCUT2D eigenvalue weighted by Gasteiger charge is -2.25. The van der Waals surface area contributed by atoms with Gasteiger partial charge in [0.2, 0.25) is 0 Å². The van der Waals surface area contributed by atoms with Crippen molar-refractivity contribution in [3.63, 3.8) is 0 Å². The van der Waals surface area contributed by atoms with Crippen LogP contribution in [0.4, 0.5) is 5.82 Å². The van der Waals surface area contributed by atoms with E-state index in [1.807, 2.05) is 21.1 Å². The molecule has 5 N–H and O–H groups in total. The van der Waals surface area contributed by atoms with Gasteiger partial charge in [-0.1, -0.05) is 0 Å². The van der Waals surface area contributed by atoms with Crippen LogP contribution in [-0.4, -0.2) is 91.3 Å². The quantitative estimate of drug-likeness (QED) is 0.267. The summed E-state index contributed by atoms with van der Waals surface area (Å²) in [5.41, 5.74) is 6.66. The monoisotopic (exact) mass is 448 g/mol. The number of carboxylic acid groups (broad SMARTS) is 1. The Balaban J connectivity index is 0.000000352. The molecule has 3 atom stereocenters. The van der Waals surface area contributed by atoms with Gasteiger partial charge in [-0.2, -0.15) is 0 Å². The zero-order valence-electron chi connectivity index (χ0n) is 17.4. The molecule has 2 unspecified atom stereocenters. The number of imidazole rings is 1. The molecule has 2 aromatic heterocycles. The van der Waals surface area contributed by atoms with Gasteiger partial charge in [-0.05, 0) is 6.92 Å². The minimum Gasteiger partial charge on any atom is -0.777 e. The van der Waals surface area contributed by atoms with Crippen molar-refractivity contribution in [2.45, 2.75) is 32.1 Å². The first-order chi connectivity index (χ1) is 13.7. The Kier molecular flexibility index (Phi) is 9.28. The highest BCUT2D eigenvalue weighted by Gasteiger charge is 2.17. The van der Waals surface area contributed by atoms with Crippen LogP contribution >= 0.6 is 7.60 Å². The summed E-state index contributed by atoms with van der Waals surface area (Å²) >= 11 is 0. The summed E-state index contributed by atoms with van der Waals surface area (Å²) in [5.74, 6) is -0.678. The van der Waals surface area contributed by atoms with Gasteiger partial charge < -0.3 is 44.1 Å². The summed E-state index contributed by atoms with van der Waals surface area (Å²) in [6.07, 6.45) is 0.759. The number of rotatable bonds is 9. The van der Waals surface area contributed by atoms with Crippen molar-refractivity contribution in [2.75, 3.05) is 39.8 Å². The van der Waals surface area contributed by atoms with Gasteiger partial charge in [0.15, 0.2) is 19.1 Å². The number of likely N-dealkylation sites (N-methyl/N-ethyl adjacent to an activating group) is 1. The average molecular weight is 448 g/mol. The maximum atomic E-state index is 10.6. The van der Waals surface area contributed by atoms with Gasteiger partial charge in [-0.15, -0.1) is 0 Å². The Hall–Kier alpha value is -2.15. The average Bonchev–Trinajstić information content (AvgIpc) is 2.95. The molecule has 2 aromatic rings. The fraction of sp³-hybridized carbons (Fsp3) is 0.625. The Morgan fingerprint density at radius 2 is 2.00 bits per heavy atom. The van der Waals surface area contributed by atoms with Crippen LogP contribution in [0.2, 0.25) is 0 Å². The maximum Gasteiger partial charge on any atom is 0.306 e. The number of carbonyl (C=O) groups is 1. The van der Waals surface area contributed by atoms with E-state index in [4.69, 9.17) is 25.6 Å². The van der Waals surface area contributed by atoms with E-state index in [-0.39, 0.29) is 12.2 Å². The van der Waals surface area contributed by atoms with E-state index in [1.54, 1.807) is 11.5 Å². The van der Waals surface area contributed by atoms with Crippen molar-refractivity contribution in [3.8, 4) is 0 Å². The van der Waals surface area contributed by atoms with Gasteiger partial charge in [0, 0.05) is 0 Å². The molecule has 0 fully saturated rings. The van der Waals surface area contributed by atoms with Crippen LogP contribution in [-0.2, 0) is 20.6 Å². The van der Waals surface area contributed by atoms with Gasteiger partial charge in [0.25, 0.3) is 0 Å². The van der Waals surface area contributed by atoms with Crippen molar-refractivity contribution in [1.29, 1.82) is 0 Å². The lowest BCUT2D eigenvalue weighted by Crippen LogP contribution is -2.42. The van der Waals surface area contributed by atoms with Crippen molar-refractivity contribution < 1.29 is 38.6 Å². The van der Waals surface area contributed by atoms with E-state index in [9.17, 15) is 14.3 Å². The van der Waals surface area contributed by atoms with Gasteiger partial charge in [0.05, 0.1) is 46.5 Å². The highest BCUT2D eigenvalue weighted by atomic mass is 31.2. The fourth-order valence-electron chi connectivity index (χ4n) is 2.48. The molecule has 0 aromatic carbocycles. The predicted molar refractivity (Wildman–Crippen MR) is 106 cm³/mol. The largest absolute Gasteiger partial charge is 0.777 e. The Bertz CT molecular complexity index is 879. The number of aliphatic carboxylic acids is 1. The first-order valence-electron chi connectivity index (χ1n) is 8.94. The molecule has 14 heteroatoms. The lowest BCUT2D eigenvalue weighted by molar-refractivity contribution is -0.873. The summed E-state index contributed by atoms with van der Waals surface area (Å²) in [7, 11) is 1.32. The molecule has 0 amide bonds. The first kappa shape index (κ1) is 25.9. The first-order valence-corrected chi connectivity index (χ1v) is 10.7. The van der Waals surface area contributed by atoms with E-state index in [2.05, 4.69) is 15.0 Å². The number of quaternary nitrogens is 1. The van der Waals surface area contributed by atoms with Crippen LogP contribution < -0.4 is 10.6 Å². The zero-order valence-corrected chi connectivity index (χ0v) is 18.3. The number of aliphatic hydroxyl groups excluding tert-OH is 1. The molecule has 0 aliphatic heterocycles. The van der Waals surface area contributed by atoms with E-state index in [1.165, 1.54) is 12.7 Å². The molecule has 0 saturated heterocycles. The third kappa shape index (κ3) is 10.1. The normalized spacial score (nSPS) is 15.7. The molecule has 0 bridgehead atoms. The molecule has 0 aliphatic rings. The number of anilines is 1. The number of fused-ring (bicyclic) bond motifs is 1.